The van der Waals surface area contributed by atoms with Crippen LogP contribution in [0.1, 0.15) is 26.7 Å². The minimum atomic E-state index is -0.420. The number of nitro benzene ring substituents is 1. The van der Waals surface area contributed by atoms with Crippen molar-refractivity contribution in [2.45, 2.75) is 38.9 Å². The zero-order valence-electron chi connectivity index (χ0n) is 11.8. The van der Waals surface area contributed by atoms with Crippen LogP contribution in [0.2, 0.25) is 0 Å². The number of hydrogen-bond donors (Lipinski definition) is 1. The number of rotatable bonds is 4. The first kappa shape index (κ1) is 14.6. The molecule has 1 aromatic rings. The van der Waals surface area contributed by atoms with Crippen molar-refractivity contribution in [3.8, 4) is 5.75 Å². The first-order chi connectivity index (χ1) is 9.45. The van der Waals surface area contributed by atoms with E-state index in [9.17, 15) is 15.2 Å². The SMILES string of the molecule is CC(C)Oc1cc(N2CCC[C@H](O)C2)cc([N+](=O)[O-])c1. The Morgan fingerprint density at radius 2 is 2.20 bits per heavy atom. The molecule has 1 N–H and O–H groups in total. The number of nitrogens with zero attached hydrogens (tertiary/aromatic N) is 2. The van der Waals surface area contributed by atoms with Gasteiger partial charge >= 0.3 is 0 Å². The fraction of sp³-hybridized carbons (Fsp3) is 0.571. The van der Waals surface area contributed by atoms with E-state index in [-0.39, 0.29) is 17.9 Å². The Hall–Kier alpha value is -1.82. The van der Waals surface area contributed by atoms with Gasteiger partial charge < -0.3 is 14.7 Å². The summed E-state index contributed by atoms with van der Waals surface area (Å²) in [6, 6.07) is 4.76. The average molecular weight is 280 g/mol. The van der Waals surface area contributed by atoms with Crippen LogP contribution in [0.25, 0.3) is 0 Å². The summed E-state index contributed by atoms with van der Waals surface area (Å²) in [5.74, 6) is 0.490. The van der Waals surface area contributed by atoms with Crippen LogP contribution < -0.4 is 9.64 Å². The van der Waals surface area contributed by atoms with E-state index in [1.807, 2.05) is 18.7 Å². The van der Waals surface area contributed by atoms with E-state index in [4.69, 9.17) is 4.74 Å². The molecule has 1 heterocycles. The lowest BCUT2D eigenvalue weighted by Crippen LogP contribution is -2.38. The number of non-ortho nitro benzene ring substituents is 1. The van der Waals surface area contributed by atoms with Gasteiger partial charge in [-0.25, -0.2) is 0 Å². The molecule has 0 saturated carbocycles. The molecule has 20 heavy (non-hydrogen) atoms. The van der Waals surface area contributed by atoms with Crippen LogP contribution in [0.15, 0.2) is 18.2 Å². The van der Waals surface area contributed by atoms with E-state index in [1.54, 1.807) is 6.07 Å². The fourth-order valence-corrected chi connectivity index (χ4v) is 2.39. The standard InChI is InChI=1S/C14H20N2O4/c1-10(2)20-14-7-11(6-12(8-14)16(18)19)15-5-3-4-13(17)9-15/h6-8,10,13,17H,3-5,9H2,1-2H3/t13-/m0/s1. The van der Waals surface area contributed by atoms with Gasteiger partial charge in [0.25, 0.3) is 5.69 Å². The molecule has 1 aliphatic rings. The second kappa shape index (κ2) is 6.09. The van der Waals surface area contributed by atoms with Crippen molar-refractivity contribution in [2.75, 3.05) is 18.0 Å². The molecule has 0 amide bonds. The second-order valence-corrected chi connectivity index (χ2v) is 5.35. The summed E-state index contributed by atoms with van der Waals surface area (Å²) in [5, 5.41) is 20.7. The number of anilines is 1. The van der Waals surface area contributed by atoms with Gasteiger partial charge in [0, 0.05) is 30.9 Å². The molecule has 1 aliphatic heterocycles. The lowest BCUT2D eigenvalue weighted by Gasteiger charge is -2.32. The average Bonchev–Trinajstić information content (AvgIpc) is 2.37. The van der Waals surface area contributed by atoms with Crippen molar-refractivity contribution in [2.24, 2.45) is 0 Å². The lowest BCUT2D eigenvalue weighted by atomic mass is 10.1. The van der Waals surface area contributed by atoms with Crippen LogP contribution in [-0.4, -0.2) is 35.3 Å². The highest BCUT2D eigenvalue weighted by Gasteiger charge is 2.21. The quantitative estimate of drug-likeness (QED) is 0.676. The molecule has 1 atom stereocenters. The zero-order chi connectivity index (χ0) is 14.7. The normalized spacial score (nSPS) is 19.2. The Morgan fingerprint density at radius 1 is 1.45 bits per heavy atom. The molecule has 1 aromatic carbocycles. The third-order valence-corrected chi connectivity index (χ3v) is 3.22. The van der Waals surface area contributed by atoms with Gasteiger partial charge in [-0.3, -0.25) is 10.1 Å². The topological polar surface area (TPSA) is 75.8 Å². The van der Waals surface area contributed by atoms with Crippen LogP contribution in [0.5, 0.6) is 5.75 Å². The number of ether oxygens (including phenoxy) is 1. The van der Waals surface area contributed by atoms with Gasteiger partial charge in [-0.05, 0) is 26.7 Å². The summed E-state index contributed by atoms with van der Waals surface area (Å²) in [6.07, 6.45) is 1.24. The molecule has 1 fully saturated rings. The van der Waals surface area contributed by atoms with E-state index in [0.29, 0.717) is 12.3 Å². The summed E-state index contributed by atoms with van der Waals surface area (Å²) < 4.78 is 5.57. The zero-order valence-corrected chi connectivity index (χ0v) is 11.8. The number of β-amino-alcohol motifs (C(OH)–C–C–N with tert-alkyl or cyclic N) is 1. The van der Waals surface area contributed by atoms with E-state index in [1.165, 1.54) is 12.1 Å². The van der Waals surface area contributed by atoms with Gasteiger partial charge in [0.1, 0.15) is 5.75 Å². The minimum absolute atomic E-state index is 0.0122. The first-order valence-electron chi connectivity index (χ1n) is 6.85. The van der Waals surface area contributed by atoms with Crippen molar-refractivity contribution in [1.82, 2.24) is 0 Å². The van der Waals surface area contributed by atoms with Gasteiger partial charge in [-0.15, -0.1) is 0 Å². The summed E-state index contributed by atoms with van der Waals surface area (Å²) in [6.45, 7) is 5.05. The van der Waals surface area contributed by atoms with Gasteiger partial charge in [-0.1, -0.05) is 0 Å². The molecular weight excluding hydrogens is 260 g/mol. The Kier molecular flexibility index (Phi) is 4.44. The number of benzene rings is 1. The van der Waals surface area contributed by atoms with Crippen LogP contribution in [-0.2, 0) is 0 Å². The van der Waals surface area contributed by atoms with Gasteiger partial charge in [0.05, 0.1) is 23.2 Å². The number of aliphatic hydroxyl groups excluding tert-OH is 1. The highest BCUT2D eigenvalue weighted by atomic mass is 16.6. The van der Waals surface area contributed by atoms with E-state index < -0.39 is 4.92 Å². The Balaban J connectivity index is 2.30. The molecule has 6 nitrogen and oxygen atoms in total. The Labute approximate surface area is 118 Å². The number of piperidine rings is 1. The first-order valence-corrected chi connectivity index (χ1v) is 6.85. The largest absolute Gasteiger partial charge is 0.491 e. The van der Waals surface area contributed by atoms with Crippen molar-refractivity contribution in [1.29, 1.82) is 0 Å². The molecule has 0 aromatic heterocycles. The maximum Gasteiger partial charge on any atom is 0.275 e. The predicted molar refractivity (Wildman–Crippen MR) is 76.3 cm³/mol. The monoisotopic (exact) mass is 280 g/mol. The maximum absolute atomic E-state index is 11.0. The molecule has 6 heteroatoms. The molecule has 110 valence electrons. The number of hydrogen-bond acceptors (Lipinski definition) is 5. The van der Waals surface area contributed by atoms with Crippen LogP contribution in [0.3, 0.4) is 0 Å². The van der Waals surface area contributed by atoms with Crippen molar-refractivity contribution < 1.29 is 14.8 Å². The van der Waals surface area contributed by atoms with Crippen LogP contribution >= 0.6 is 0 Å². The maximum atomic E-state index is 11.0. The van der Waals surface area contributed by atoms with Crippen molar-refractivity contribution >= 4 is 11.4 Å². The molecule has 0 unspecified atom stereocenters. The Bertz CT molecular complexity index is 490. The second-order valence-electron chi connectivity index (χ2n) is 5.35. The third kappa shape index (κ3) is 3.60. The number of aliphatic hydroxyl groups is 1. The third-order valence-electron chi connectivity index (χ3n) is 3.22. The van der Waals surface area contributed by atoms with Crippen molar-refractivity contribution in [3.05, 3.63) is 28.3 Å². The van der Waals surface area contributed by atoms with Crippen molar-refractivity contribution in [3.63, 3.8) is 0 Å². The molecular formula is C14H20N2O4. The van der Waals surface area contributed by atoms with E-state index in [2.05, 4.69) is 0 Å². The molecule has 0 radical (unpaired) electrons. The van der Waals surface area contributed by atoms with Gasteiger partial charge in [0.2, 0.25) is 0 Å². The Morgan fingerprint density at radius 3 is 2.80 bits per heavy atom. The molecule has 2 rings (SSSR count). The summed E-state index contributed by atoms with van der Waals surface area (Å²) in [7, 11) is 0. The number of nitro groups is 1. The van der Waals surface area contributed by atoms with Crippen LogP contribution in [0.4, 0.5) is 11.4 Å². The fourth-order valence-electron chi connectivity index (χ4n) is 2.39. The van der Waals surface area contributed by atoms with Gasteiger partial charge in [0.15, 0.2) is 0 Å². The van der Waals surface area contributed by atoms with Crippen LogP contribution in [0, 0.1) is 10.1 Å². The van der Waals surface area contributed by atoms with Gasteiger partial charge in [-0.2, -0.15) is 0 Å². The predicted octanol–water partition coefficient (Wildman–Crippen LogP) is 2.34. The molecule has 1 saturated heterocycles. The highest BCUT2D eigenvalue weighted by molar-refractivity contribution is 5.58. The smallest absolute Gasteiger partial charge is 0.275 e. The summed E-state index contributed by atoms with van der Waals surface area (Å²) >= 11 is 0. The highest BCUT2D eigenvalue weighted by Crippen LogP contribution is 2.30. The lowest BCUT2D eigenvalue weighted by molar-refractivity contribution is -0.384. The van der Waals surface area contributed by atoms with E-state index in [0.717, 1.165) is 25.1 Å². The molecule has 0 aliphatic carbocycles. The summed E-state index contributed by atoms with van der Waals surface area (Å²) in [5.41, 5.74) is 0.742. The van der Waals surface area contributed by atoms with E-state index >= 15 is 0 Å². The molecule has 0 spiro atoms. The minimum Gasteiger partial charge on any atom is -0.491 e. The summed E-state index contributed by atoms with van der Waals surface area (Å²) in [4.78, 5) is 12.6. The molecule has 0 bridgehead atoms.